The van der Waals surface area contributed by atoms with E-state index in [1.54, 1.807) is 0 Å². The highest BCUT2D eigenvalue weighted by molar-refractivity contribution is 5.75. The fourth-order valence-corrected chi connectivity index (χ4v) is 3.14. The van der Waals surface area contributed by atoms with E-state index in [4.69, 9.17) is 14.2 Å². The van der Waals surface area contributed by atoms with Crippen LogP contribution in [0, 0.1) is 0 Å². The van der Waals surface area contributed by atoms with Crippen molar-refractivity contribution >= 4 is 5.91 Å². The minimum Gasteiger partial charge on any atom is -0.454 e. The molecule has 6 heteroatoms. The molecule has 0 saturated carbocycles. The van der Waals surface area contributed by atoms with Crippen LogP contribution in [0.15, 0.2) is 18.2 Å². The molecule has 0 aromatic heterocycles. The zero-order valence-electron chi connectivity index (χ0n) is 13.6. The minimum absolute atomic E-state index is 0.117. The van der Waals surface area contributed by atoms with E-state index in [2.05, 4.69) is 11.4 Å². The number of ether oxygens (including phenoxy) is 3. The quantitative estimate of drug-likeness (QED) is 0.790. The Bertz CT molecular complexity index is 543. The number of amides is 1. The zero-order chi connectivity index (χ0) is 16.1. The second-order valence-electron chi connectivity index (χ2n) is 5.99. The Kier molecular flexibility index (Phi) is 5.35. The van der Waals surface area contributed by atoms with Crippen LogP contribution in [0.4, 0.5) is 0 Å². The van der Waals surface area contributed by atoms with Crippen LogP contribution in [-0.2, 0) is 9.53 Å². The molecular weight excluding hydrogens is 296 g/mol. The smallest absolute Gasteiger partial charge is 0.231 e. The number of morpholine rings is 1. The summed E-state index contributed by atoms with van der Waals surface area (Å²) >= 11 is 0. The first-order valence-electron chi connectivity index (χ1n) is 8.36. The normalized spacial score (nSPS) is 18.7. The molecule has 2 aliphatic heterocycles. The predicted octanol–water partition coefficient (Wildman–Crippen LogP) is 0.288. The van der Waals surface area contributed by atoms with Gasteiger partial charge in [-0.3, -0.25) is 4.79 Å². The van der Waals surface area contributed by atoms with E-state index in [0.29, 0.717) is 13.0 Å². The molecule has 1 aromatic carbocycles. The molecule has 0 unspecified atom stereocenters. The van der Waals surface area contributed by atoms with E-state index >= 15 is 0 Å². The molecule has 3 rings (SSSR count). The van der Waals surface area contributed by atoms with Gasteiger partial charge in [0.15, 0.2) is 11.5 Å². The number of hydrogen-bond acceptors (Lipinski definition) is 4. The van der Waals surface area contributed by atoms with Crippen molar-refractivity contribution in [1.29, 1.82) is 0 Å². The molecule has 1 atom stereocenters. The van der Waals surface area contributed by atoms with Crippen molar-refractivity contribution < 1.29 is 23.9 Å². The average molecular weight is 321 g/mol. The molecular formula is C17H25N2O4+. The van der Waals surface area contributed by atoms with Crippen LogP contribution in [0.25, 0.3) is 0 Å². The summed E-state index contributed by atoms with van der Waals surface area (Å²) in [5, 5.41) is 3.07. The molecule has 6 nitrogen and oxygen atoms in total. The monoisotopic (exact) mass is 321 g/mol. The summed E-state index contributed by atoms with van der Waals surface area (Å²) in [6.45, 7) is 6.35. The topological polar surface area (TPSA) is 61.2 Å². The summed E-state index contributed by atoms with van der Waals surface area (Å²) in [5.74, 6) is 1.70. The van der Waals surface area contributed by atoms with Gasteiger partial charge in [0.2, 0.25) is 12.7 Å². The third kappa shape index (κ3) is 3.95. The van der Waals surface area contributed by atoms with Crippen molar-refractivity contribution in [3.05, 3.63) is 23.8 Å². The lowest BCUT2D eigenvalue weighted by molar-refractivity contribution is -0.937. The van der Waals surface area contributed by atoms with E-state index in [9.17, 15) is 4.79 Å². The lowest BCUT2D eigenvalue weighted by Gasteiger charge is -2.32. The number of fused-ring (bicyclic) bond motifs is 1. The summed E-state index contributed by atoms with van der Waals surface area (Å²) in [4.78, 5) is 13.3. The molecule has 0 bridgehead atoms. The van der Waals surface area contributed by atoms with Crippen molar-refractivity contribution in [2.75, 3.05) is 39.6 Å². The fourth-order valence-electron chi connectivity index (χ4n) is 3.14. The standard InChI is InChI=1S/C17H24N2O4/c1-2-3-17(20)18-11-14(19-6-8-21-9-7-19)13-4-5-15-16(10-13)23-12-22-15/h4-5,10,14H,2-3,6-9,11-12H2,1H3,(H,18,20)/p+1/t14-/m1/s1. The highest BCUT2D eigenvalue weighted by atomic mass is 16.7. The Morgan fingerprint density at radius 3 is 2.83 bits per heavy atom. The summed E-state index contributed by atoms with van der Waals surface area (Å²) in [5.41, 5.74) is 1.17. The Hall–Kier alpha value is -1.79. The molecule has 1 saturated heterocycles. The molecule has 0 spiro atoms. The van der Waals surface area contributed by atoms with E-state index in [0.717, 1.165) is 44.2 Å². The summed E-state index contributed by atoms with van der Waals surface area (Å²) in [6, 6.07) is 6.28. The minimum atomic E-state index is 0.117. The van der Waals surface area contributed by atoms with E-state index < -0.39 is 0 Å². The fraction of sp³-hybridized carbons (Fsp3) is 0.588. The number of carbonyl (C=O) groups excluding carboxylic acids is 1. The third-order valence-corrected chi connectivity index (χ3v) is 4.41. The molecule has 2 aliphatic rings. The number of benzene rings is 1. The van der Waals surface area contributed by atoms with Crippen LogP contribution in [0.5, 0.6) is 11.5 Å². The van der Waals surface area contributed by atoms with Gasteiger partial charge < -0.3 is 24.4 Å². The highest BCUT2D eigenvalue weighted by Gasteiger charge is 2.28. The van der Waals surface area contributed by atoms with Crippen LogP contribution in [0.3, 0.4) is 0 Å². The van der Waals surface area contributed by atoms with E-state index in [1.165, 1.54) is 10.5 Å². The third-order valence-electron chi connectivity index (χ3n) is 4.41. The van der Waals surface area contributed by atoms with Gasteiger partial charge in [-0.2, -0.15) is 0 Å². The van der Waals surface area contributed by atoms with Crippen molar-refractivity contribution in [1.82, 2.24) is 5.32 Å². The van der Waals surface area contributed by atoms with Gasteiger partial charge in [-0.05, 0) is 24.6 Å². The van der Waals surface area contributed by atoms with Crippen LogP contribution >= 0.6 is 0 Å². The van der Waals surface area contributed by atoms with Crippen LogP contribution in [0.1, 0.15) is 31.4 Å². The largest absolute Gasteiger partial charge is 0.454 e. The molecule has 1 fully saturated rings. The molecule has 0 radical (unpaired) electrons. The molecule has 1 aromatic rings. The Labute approximate surface area is 136 Å². The first-order valence-corrected chi connectivity index (χ1v) is 8.36. The maximum Gasteiger partial charge on any atom is 0.231 e. The predicted molar refractivity (Wildman–Crippen MR) is 84.7 cm³/mol. The van der Waals surface area contributed by atoms with Crippen molar-refractivity contribution in [3.8, 4) is 11.5 Å². The van der Waals surface area contributed by atoms with Gasteiger partial charge in [-0.25, -0.2) is 0 Å². The van der Waals surface area contributed by atoms with Crippen LogP contribution in [-0.4, -0.2) is 45.5 Å². The molecule has 23 heavy (non-hydrogen) atoms. The first-order chi connectivity index (χ1) is 11.3. The summed E-state index contributed by atoms with van der Waals surface area (Å²) in [7, 11) is 0. The molecule has 0 aliphatic carbocycles. The second kappa shape index (κ2) is 7.66. The molecule has 2 heterocycles. The number of carbonyl (C=O) groups is 1. The number of rotatable bonds is 6. The van der Waals surface area contributed by atoms with Gasteiger partial charge in [-0.1, -0.05) is 6.92 Å². The molecule has 1 amide bonds. The maximum atomic E-state index is 11.9. The number of quaternary nitrogens is 1. The van der Waals surface area contributed by atoms with Gasteiger partial charge in [-0.15, -0.1) is 0 Å². The van der Waals surface area contributed by atoms with Gasteiger partial charge in [0, 0.05) is 12.0 Å². The maximum absolute atomic E-state index is 11.9. The second-order valence-corrected chi connectivity index (χ2v) is 5.99. The Balaban J connectivity index is 1.75. The van der Waals surface area contributed by atoms with Crippen LogP contribution < -0.4 is 19.7 Å². The lowest BCUT2D eigenvalue weighted by Crippen LogP contribution is -3.15. The summed E-state index contributed by atoms with van der Waals surface area (Å²) in [6.07, 6.45) is 1.44. The van der Waals surface area contributed by atoms with E-state index in [-0.39, 0.29) is 18.7 Å². The summed E-state index contributed by atoms with van der Waals surface area (Å²) < 4.78 is 16.4. The van der Waals surface area contributed by atoms with Crippen LogP contribution in [0.2, 0.25) is 0 Å². The van der Waals surface area contributed by atoms with Crippen molar-refractivity contribution in [2.45, 2.75) is 25.8 Å². The van der Waals surface area contributed by atoms with Gasteiger partial charge in [0.25, 0.3) is 0 Å². The number of hydrogen-bond donors (Lipinski definition) is 2. The highest BCUT2D eigenvalue weighted by Crippen LogP contribution is 2.33. The van der Waals surface area contributed by atoms with Gasteiger partial charge >= 0.3 is 0 Å². The van der Waals surface area contributed by atoms with Crippen molar-refractivity contribution in [3.63, 3.8) is 0 Å². The molecule has 2 N–H and O–H groups in total. The van der Waals surface area contributed by atoms with Gasteiger partial charge in [0.1, 0.15) is 19.1 Å². The lowest BCUT2D eigenvalue weighted by atomic mass is 10.0. The van der Waals surface area contributed by atoms with Gasteiger partial charge in [0.05, 0.1) is 19.8 Å². The van der Waals surface area contributed by atoms with E-state index in [1.807, 2.05) is 19.1 Å². The number of nitrogens with one attached hydrogen (secondary N) is 2. The molecule has 126 valence electrons. The SMILES string of the molecule is CCCC(=O)NC[C@H](c1ccc2c(c1)OCO2)[NH+]1CCOCC1. The van der Waals surface area contributed by atoms with Crippen molar-refractivity contribution in [2.24, 2.45) is 0 Å². The Morgan fingerprint density at radius 2 is 2.04 bits per heavy atom. The first kappa shape index (κ1) is 16.1. The average Bonchev–Trinajstić information content (AvgIpc) is 3.04. The Morgan fingerprint density at radius 1 is 1.26 bits per heavy atom. The zero-order valence-corrected chi connectivity index (χ0v) is 13.6.